The fraction of sp³-hybridized carbons (Fsp3) is 0.818. The third-order valence-corrected chi connectivity index (χ3v) is 2.47. The highest BCUT2D eigenvalue weighted by Gasteiger charge is 2.08. The molecule has 0 aromatic heterocycles. The number of hydrogen-bond donors (Lipinski definition) is 0. The maximum Gasteiger partial charge on any atom is 0.306 e. The SMILES string of the molecule is O=C1CCCCCCCOC(=O)CC1. The molecule has 1 heterocycles. The molecule has 3 heteroatoms. The van der Waals surface area contributed by atoms with Gasteiger partial charge in [0.1, 0.15) is 5.78 Å². The Morgan fingerprint density at radius 2 is 1.50 bits per heavy atom. The van der Waals surface area contributed by atoms with Gasteiger partial charge in [-0.05, 0) is 12.8 Å². The van der Waals surface area contributed by atoms with Crippen molar-refractivity contribution in [1.29, 1.82) is 0 Å². The Labute approximate surface area is 84.8 Å². The van der Waals surface area contributed by atoms with Crippen molar-refractivity contribution in [2.45, 2.75) is 51.4 Å². The first-order valence-electron chi connectivity index (χ1n) is 5.46. The molecule has 0 amide bonds. The van der Waals surface area contributed by atoms with Crippen molar-refractivity contribution in [3.8, 4) is 0 Å². The smallest absolute Gasteiger partial charge is 0.306 e. The summed E-state index contributed by atoms with van der Waals surface area (Å²) in [5, 5.41) is 0. The van der Waals surface area contributed by atoms with Crippen molar-refractivity contribution < 1.29 is 14.3 Å². The highest BCUT2D eigenvalue weighted by atomic mass is 16.5. The molecule has 14 heavy (non-hydrogen) atoms. The average molecular weight is 198 g/mol. The van der Waals surface area contributed by atoms with E-state index in [1.54, 1.807) is 0 Å². The van der Waals surface area contributed by atoms with E-state index in [-0.39, 0.29) is 18.2 Å². The first-order chi connectivity index (χ1) is 6.79. The van der Waals surface area contributed by atoms with Crippen LogP contribution in [-0.4, -0.2) is 18.4 Å². The van der Waals surface area contributed by atoms with E-state index >= 15 is 0 Å². The van der Waals surface area contributed by atoms with Crippen molar-refractivity contribution in [3.63, 3.8) is 0 Å². The second-order valence-corrected chi connectivity index (χ2v) is 3.78. The zero-order chi connectivity index (χ0) is 10.2. The molecule has 1 saturated heterocycles. The minimum atomic E-state index is -0.223. The fourth-order valence-electron chi connectivity index (χ4n) is 1.58. The largest absolute Gasteiger partial charge is 0.466 e. The van der Waals surface area contributed by atoms with Crippen LogP contribution in [0.1, 0.15) is 51.4 Å². The normalized spacial score (nSPS) is 22.0. The van der Waals surface area contributed by atoms with Gasteiger partial charge in [0.25, 0.3) is 0 Å². The molecule has 0 aromatic rings. The van der Waals surface area contributed by atoms with Gasteiger partial charge >= 0.3 is 5.97 Å². The van der Waals surface area contributed by atoms with E-state index in [0.29, 0.717) is 19.4 Å². The summed E-state index contributed by atoms with van der Waals surface area (Å²) in [6.07, 6.45) is 6.56. The van der Waals surface area contributed by atoms with Gasteiger partial charge in [-0.1, -0.05) is 19.3 Å². The van der Waals surface area contributed by atoms with Crippen molar-refractivity contribution in [2.75, 3.05) is 6.61 Å². The van der Waals surface area contributed by atoms with Gasteiger partial charge in [0.05, 0.1) is 13.0 Å². The van der Waals surface area contributed by atoms with E-state index in [9.17, 15) is 9.59 Å². The first-order valence-corrected chi connectivity index (χ1v) is 5.46. The molecule has 0 atom stereocenters. The van der Waals surface area contributed by atoms with E-state index in [1.807, 2.05) is 0 Å². The van der Waals surface area contributed by atoms with E-state index < -0.39 is 0 Å². The number of rotatable bonds is 0. The van der Waals surface area contributed by atoms with Crippen molar-refractivity contribution >= 4 is 11.8 Å². The molecule has 1 aliphatic rings. The summed E-state index contributed by atoms with van der Waals surface area (Å²) < 4.78 is 4.97. The molecular formula is C11H18O3. The lowest BCUT2D eigenvalue weighted by molar-refractivity contribution is -0.145. The lowest BCUT2D eigenvalue weighted by atomic mass is 10.1. The van der Waals surface area contributed by atoms with Crippen molar-refractivity contribution in [3.05, 3.63) is 0 Å². The van der Waals surface area contributed by atoms with Crippen LogP contribution in [0.2, 0.25) is 0 Å². The Morgan fingerprint density at radius 3 is 2.36 bits per heavy atom. The summed E-state index contributed by atoms with van der Waals surface area (Å²) >= 11 is 0. The van der Waals surface area contributed by atoms with Gasteiger partial charge in [0, 0.05) is 12.8 Å². The van der Waals surface area contributed by atoms with Crippen LogP contribution < -0.4 is 0 Å². The minimum absolute atomic E-state index is 0.197. The van der Waals surface area contributed by atoms with E-state index in [0.717, 1.165) is 32.1 Å². The topological polar surface area (TPSA) is 43.4 Å². The Balaban J connectivity index is 2.29. The van der Waals surface area contributed by atoms with Crippen LogP contribution in [0.5, 0.6) is 0 Å². The Morgan fingerprint density at radius 1 is 0.786 bits per heavy atom. The highest BCUT2D eigenvalue weighted by Crippen LogP contribution is 2.09. The second kappa shape index (κ2) is 6.57. The number of ether oxygens (including phenoxy) is 1. The molecule has 80 valence electrons. The second-order valence-electron chi connectivity index (χ2n) is 3.78. The molecule has 0 saturated carbocycles. The van der Waals surface area contributed by atoms with Crippen LogP contribution in [0.3, 0.4) is 0 Å². The monoisotopic (exact) mass is 198 g/mol. The lowest BCUT2D eigenvalue weighted by Gasteiger charge is -2.07. The Kier molecular flexibility index (Phi) is 5.27. The maximum atomic E-state index is 11.2. The van der Waals surface area contributed by atoms with Gasteiger partial charge in [0.15, 0.2) is 0 Å². The zero-order valence-corrected chi connectivity index (χ0v) is 8.59. The highest BCUT2D eigenvalue weighted by molar-refractivity contribution is 5.82. The van der Waals surface area contributed by atoms with Gasteiger partial charge in [-0.15, -0.1) is 0 Å². The molecule has 0 N–H and O–H groups in total. The molecule has 3 nitrogen and oxygen atoms in total. The number of Topliss-reactive ketones (excluding diaryl/α,β-unsaturated/α-hetero) is 1. The lowest BCUT2D eigenvalue weighted by Crippen LogP contribution is -2.09. The van der Waals surface area contributed by atoms with Crippen LogP contribution in [0.4, 0.5) is 0 Å². The average Bonchev–Trinajstić information content (AvgIpc) is 2.17. The van der Waals surface area contributed by atoms with Crippen LogP contribution in [-0.2, 0) is 14.3 Å². The number of esters is 1. The van der Waals surface area contributed by atoms with E-state index in [1.165, 1.54) is 0 Å². The van der Waals surface area contributed by atoms with Gasteiger partial charge in [-0.2, -0.15) is 0 Å². The molecule has 0 aliphatic carbocycles. The van der Waals surface area contributed by atoms with Gasteiger partial charge < -0.3 is 4.74 Å². The quantitative estimate of drug-likeness (QED) is 0.560. The Bertz CT molecular complexity index is 177. The van der Waals surface area contributed by atoms with Crippen LogP contribution in [0.25, 0.3) is 0 Å². The van der Waals surface area contributed by atoms with E-state index in [2.05, 4.69) is 0 Å². The van der Waals surface area contributed by atoms with Crippen LogP contribution in [0.15, 0.2) is 0 Å². The zero-order valence-electron chi connectivity index (χ0n) is 8.59. The van der Waals surface area contributed by atoms with Crippen LogP contribution >= 0.6 is 0 Å². The summed E-state index contributed by atoms with van der Waals surface area (Å²) in [5.41, 5.74) is 0. The maximum absolute atomic E-state index is 11.2. The molecule has 0 aromatic carbocycles. The summed E-state index contributed by atoms with van der Waals surface area (Å²) in [7, 11) is 0. The molecular weight excluding hydrogens is 180 g/mol. The number of carbonyl (C=O) groups excluding carboxylic acids is 2. The molecule has 0 bridgehead atoms. The predicted molar refractivity (Wildman–Crippen MR) is 52.9 cm³/mol. The number of hydrogen-bond acceptors (Lipinski definition) is 3. The fourth-order valence-corrected chi connectivity index (χ4v) is 1.58. The molecule has 0 unspecified atom stereocenters. The molecule has 1 aliphatic heterocycles. The predicted octanol–water partition coefficient (Wildman–Crippen LogP) is 2.23. The number of ketones is 1. The van der Waals surface area contributed by atoms with Gasteiger partial charge in [-0.3, -0.25) is 9.59 Å². The van der Waals surface area contributed by atoms with Gasteiger partial charge in [-0.25, -0.2) is 0 Å². The molecule has 0 spiro atoms. The molecule has 0 radical (unpaired) electrons. The Hall–Kier alpha value is -0.860. The third kappa shape index (κ3) is 5.00. The standard InChI is InChI=1S/C11H18O3/c12-10-6-4-2-1-3-5-9-14-11(13)8-7-10/h1-9H2. The summed E-state index contributed by atoms with van der Waals surface area (Å²) in [6.45, 7) is 0.521. The van der Waals surface area contributed by atoms with Gasteiger partial charge in [0.2, 0.25) is 0 Å². The van der Waals surface area contributed by atoms with Crippen molar-refractivity contribution in [2.24, 2.45) is 0 Å². The molecule has 1 fully saturated rings. The minimum Gasteiger partial charge on any atom is -0.466 e. The van der Waals surface area contributed by atoms with E-state index in [4.69, 9.17) is 4.74 Å². The summed E-state index contributed by atoms with van der Waals surface area (Å²) in [4.78, 5) is 22.3. The third-order valence-electron chi connectivity index (χ3n) is 2.47. The van der Waals surface area contributed by atoms with Crippen LogP contribution in [0, 0.1) is 0 Å². The number of cyclic esters (lactones) is 1. The molecule has 1 rings (SSSR count). The number of carbonyl (C=O) groups is 2. The van der Waals surface area contributed by atoms with Crippen molar-refractivity contribution in [1.82, 2.24) is 0 Å². The summed E-state index contributed by atoms with van der Waals surface area (Å²) in [6, 6.07) is 0. The first kappa shape index (κ1) is 11.2. The summed E-state index contributed by atoms with van der Waals surface area (Å²) in [5.74, 6) is -0.0264.